The van der Waals surface area contributed by atoms with Crippen molar-refractivity contribution in [1.82, 2.24) is 15.3 Å². The van der Waals surface area contributed by atoms with E-state index in [0.29, 0.717) is 13.0 Å². The first-order chi connectivity index (χ1) is 7.24. The number of hydrogen-bond acceptors (Lipinski definition) is 3. The number of nitrogens with one attached hydrogen (secondary N) is 1. The van der Waals surface area contributed by atoms with Crippen molar-refractivity contribution in [3.8, 4) is 12.3 Å². The Bertz CT molecular complexity index is 369. The van der Waals surface area contributed by atoms with E-state index in [2.05, 4.69) is 21.2 Å². The lowest BCUT2D eigenvalue weighted by molar-refractivity contribution is 0.0948. The minimum atomic E-state index is -0.267. The van der Waals surface area contributed by atoms with E-state index in [9.17, 15) is 4.79 Å². The van der Waals surface area contributed by atoms with E-state index in [1.807, 2.05) is 0 Å². The Hall–Kier alpha value is -1.60. The van der Waals surface area contributed by atoms with Crippen LogP contribution >= 0.6 is 11.6 Å². The van der Waals surface area contributed by atoms with Crippen LogP contribution in [0.25, 0.3) is 0 Å². The van der Waals surface area contributed by atoms with Crippen LogP contribution in [0.5, 0.6) is 0 Å². The Morgan fingerprint density at radius 3 is 2.93 bits per heavy atom. The summed E-state index contributed by atoms with van der Waals surface area (Å²) >= 11 is 5.53. The van der Waals surface area contributed by atoms with Gasteiger partial charge in [-0.15, -0.1) is 12.3 Å². The maximum Gasteiger partial charge on any atom is 0.271 e. The average molecular weight is 224 g/mol. The SMILES string of the molecule is C#CCCCNC(=O)c1cnc(Cl)cn1. The molecule has 0 spiro atoms. The minimum absolute atomic E-state index is 0.250. The molecule has 0 saturated carbocycles. The molecule has 1 N–H and O–H groups in total. The zero-order chi connectivity index (χ0) is 11.1. The molecule has 0 saturated heterocycles. The van der Waals surface area contributed by atoms with Crippen molar-refractivity contribution in [1.29, 1.82) is 0 Å². The molecule has 0 aliphatic carbocycles. The number of aromatic nitrogens is 2. The maximum atomic E-state index is 11.4. The Morgan fingerprint density at radius 2 is 2.33 bits per heavy atom. The number of amides is 1. The van der Waals surface area contributed by atoms with E-state index in [1.54, 1.807) is 0 Å². The number of halogens is 1. The van der Waals surface area contributed by atoms with Gasteiger partial charge in [-0.2, -0.15) is 0 Å². The van der Waals surface area contributed by atoms with Gasteiger partial charge in [0.15, 0.2) is 0 Å². The second kappa shape index (κ2) is 5.99. The number of carbonyl (C=O) groups excluding carboxylic acids is 1. The van der Waals surface area contributed by atoms with Gasteiger partial charge >= 0.3 is 0 Å². The molecular weight excluding hydrogens is 214 g/mol. The van der Waals surface area contributed by atoms with Crippen LogP contribution in [0.1, 0.15) is 23.3 Å². The third-order valence-corrected chi connectivity index (χ3v) is 1.83. The summed E-state index contributed by atoms with van der Waals surface area (Å²) in [6.45, 7) is 0.535. The summed E-state index contributed by atoms with van der Waals surface area (Å²) < 4.78 is 0. The third-order valence-electron chi connectivity index (χ3n) is 1.64. The van der Waals surface area contributed by atoms with Crippen LogP contribution in [-0.4, -0.2) is 22.4 Å². The molecule has 1 aromatic rings. The highest BCUT2D eigenvalue weighted by Crippen LogP contribution is 2.00. The van der Waals surface area contributed by atoms with Crippen LogP contribution in [0.3, 0.4) is 0 Å². The number of terminal acetylenes is 1. The highest BCUT2D eigenvalue weighted by molar-refractivity contribution is 6.29. The lowest BCUT2D eigenvalue weighted by atomic mass is 10.3. The smallest absolute Gasteiger partial charge is 0.271 e. The Balaban J connectivity index is 2.41. The first kappa shape index (κ1) is 11.5. The summed E-state index contributed by atoms with van der Waals surface area (Å²) in [5.41, 5.74) is 0.250. The van der Waals surface area contributed by atoms with Crippen molar-refractivity contribution in [2.45, 2.75) is 12.8 Å². The van der Waals surface area contributed by atoms with Gasteiger partial charge in [0.25, 0.3) is 5.91 Å². The number of carbonyl (C=O) groups is 1. The van der Waals surface area contributed by atoms with E-state index in [4.69, 9.17) is 18.0 Å². The molecule has 0 aliphatic heterocycles. The number of unbranched alkanes of at least 4 members (excludes halogenated alkanes) is 1. The molecule has 1 rings (SSSR count). The Morgan fingerprint density at radius 1 is 1.53 bits per heavy atom. The number of nitrogens with zero attached hydrogens (tertiary/aromatic N) is 2. The van der Waals surface area contributed by atoms with Gasteiger partial charge in [-0.05, 0) is 6.42 Å². The zero-order valence-electron chi connectivity index (χ0n) is 8.03. The third kappa shape index (κ3) is 3.96. The molecule has 15 heavy (non-hydrogen) atoms. The minimum Gasteiger partial charge on any atom is -0.351 e. The Labute approximate surface area is 93.1 Å². The largest absolute Gasteiger partial charge is 0.351 e. The highest BCUT2D eigenvalue weighted by atomic mass is 35.5. The van der Waals surface area contributed by atoms with Crippen molar-refractivity contribution in [3.63, 3.8) is 0 Å². The summed E-state index contributed by atoms with van der Waals surface area (Å²) in [6.07, 6.45) is 9.14. The van der Waals surface area contributed by atoms with Crippen LogP contribution in [-0.2, 0) is 0 Å². The predicted molar refractivity (Wildman–Crippen MR) is 57.4 cm³/mol. The lowest BCUT2D eigenvalue weighted by Crippen LogP contribution is -2.25. The van der Waals surface area contributed by atoms with E-state index < -0.39 is 0 Å². The number of rotatable bonds is 4. The molecule has 0 bridgehead atoms. The van der Waals surface area contributed by atoms with Crippen LogP contribution in [0.15, 0.2) is 12.4 Å². The topological polar surface area (TPSA) is 54.9 Å². The van der Waals surface area contributed by atoms with Crippen molar-refractivity contribution >= 4 is 17.5 Å². The van der Waals surface area contributed by atoms with Gasteiger partial charge in [0.2, 0.25) is 0 Å². The molecule has 1 amide bonds. The summed E-state index contributed by atoms with van der Waals surface area (Å²) in [7, 11) is 0. The van der Waals surface area contributed by atoms with E-state index >= 15 is 0 Å². The average Bonchev–Trinajstić information content (AvgIpc) is 2.25. The van der Waals surface area contributed by atoms with E-state index in [-0.39, 0.29) is 16.8 Å². The second-order valence-electron chi connectivity index (χ2n) is 2.79. The van der Waals surface area contributed by atoms with Gasteiger partial charge in [0.1, 0.15) is 10.8 Å². The van der Waals surface area contributed by atoms with Crippen LogP contribution in [0, 0.1) is 12.3 Å². The summed E-state index contributed by atoms with van der Waals surface area (Å²) in [4.78, 5) is 19.0. The van der Waals surface area contributed by atoms with E-state index in [0.717, 1.165) is 6.42 Å². The molecule has 5 heteroatoms. The van der Waals surface area contributed by atoms with E-state index in [1.165, 1.54) is 12.4 Å². The summed E-state index contributed by atoms with van der Waals surface area (Å²) in [5.74, 6) is 2.22. The number of hydrogen-bond donors (Lipinski definition) is 1. The molecule has 0 aliphatic rings. The molecule has 0 radical (unpaired) electrons. The second-order valence-corrected chi connectivity index (χ2v) is 3.18. The fraction of sp³-hybridized carbons (Fsp3) is 0.300. The lowest BCUT2D eigenvalue weighted by Gasteiger charge is -2.02. The summed E-state index contributed by atoms with van der Waals surface area (Å²) in [5, 5.41) is 2.94. The molecule has 1 heterocycles. The van der Waals surface area contributed by atoms with Crippen molar-refractivity contribution in [3.05, 3.63) is 23.2 Å². The van der Waals surface area contributed by atoms with Crippen LogP contribution in [0.2, 0.25) is 5.15 Å². The van der Waals surface area contributed by atoms with Gasteiger partial charge in [-0.3, -0.25) is 4.79 Å². The van der Waals surface area contributed by atoms with Crippen molar-refractivity contribution < 1.29 is 4.79 Å². The Kier molecular flexibility index (Phi) is 4.58. The fourth-order valence-electron chi connectivity index (χ4n) is 0.912. The molecule has 0 atom stereocenters. The molecule has 0 unspecified atom stereocenters. The van der Waals surface area contributed by atoms with Gasteiger partial charge in [-0.1, -0.05) is 11.6 Å². The van der Waals surface area contributed by atoms with Gasteiger partial charge < -0.3 is 5.32 Å². The van der Waals surface area contributed by atoms with Crippen molar-refractivity contribution in [2.75, 3.05) is 6.54 Å². The zero-order valence-corrected chi connectivity index (χ0v) is 8.79. The van der Waals surface area contributed by atoms with Gasteiger partial charge in [-0.25, -0.2) is 9.97 Å². The molecule has 1 aromatic heterocycles. The fourth-order valence-corrected chi connectivity index (χ4v) is 1.01. The summed E-state index contributed by atoms with van der Waals surface area (Å²) in [6, 6.07) is 0. The molecule has 78 valence electrons. The molecular formula is C10H10ClN3O. The van der Waals surface area contributed by atoms with Gasteiger partial charge in [0.05, 0.1) is 12.4 Å². The molecule has 0 fully saturated rings. The normalized spacial score (nSPS) is 9.33. The van der Waals surface area contributed by atoms with Crippen LogP contribution in [0.4, 0.5) is 0 Å². The highest BCUT2D eigenvalue weighted by Gasteiger charge is 2.05. The quantitative estimate of drug-likeness (QED) is 0.618. The maximum absolute atomic E-state index is 11.4. The standard InChI is InChI=1S/C10H10ClN3O/c1-2-3-4-5-12-10(15)8-6-14-9(11)7-13-8/h1,6-7H,3-5H2,(H,12,15). The first-order valence-corrected chi connectivity index (χ1v) is 4.81. The van der Waals surface area contributed by atoms with Crippen molar-refractivity contribution in [2.24, 2.45) is 0 Å². The predicted octanol–water partition coefficient (Wildman–Crippen LogP) is 1.27. The first-order valence-electron chi connectivity index (χ1n) is 4.43. The molecule has 4 nitrogen and oxygen atoms in total. The van der Waals surface area contributed by atoms with Crippen LogP contribution < -0.4 is 5.32 Å². The van der Waals surface area contributed by atoms with Gasteiger partial charge in [0, 0.05) is 13.0 Å². The molecule has 0 aromatic carbocycles. The monoisotopic (exact) mass is 223 g/mol.